The van der Waals surface area contributed by atoms with Gasteiger partial charge in [0.05, 0.1) is 0 Å². The zero-order valence-electron chi connectivity index (χ0n) is 10.1. The summed E-state index contributed by atoms with van der Waals surface area (Å²) in [5.74, 6) is 0.243. The fourth-order valence-corrected chi connectivity index (χ4v) is 2.24. The Morgan fingerprint density at radius 1 is 1.25 bits per heavy atom. The standard InChI is InChI=1S/C14H17NO/c1-10-5-4-6-13-14(10)11(2)9-15(13)8-7-12(3)16/h4-6,9H,7-8H2,1-3H3. The van der Waals surface area contributed by atoms with E-state index in [9.17, 15) is 4.79 Å². The minimum Gasteiger partial charge on any atom is -0.347 e. The van der Waals surface area contributed by atoms with Gasteiger partial charge < -0.3 is 4.57 Å². The van der Waals surface area contributed by atoms with E-state index in [2.05, 4.69) is 42.8 Å². The molecule has 2 nitrogen and oxygen atoms in total. The van der Waals surface area contributed by atoms with Gasteiger partial charge in [0.25, 0.3) is 0 Å². The van der Waals surface area contributed by atoms with Crippen LogP contribution < -0.4 is 0 Å². The Morgan fingerprint density at radius 2 is 2.00 bits per heavy atom. The number of Topliss-reactive ketones (excluding diaryl/α,β-unsaturated/α-hetero) is 1. The molecule has 16 heavy (non-hydrogen) atoms. The molecule has 2 aromatic rings. The maximum atomic E-state index is 11.0. The lowest BCUT2D eigenvalue weighted by Crippen LogP contribution is -2.01. The summed E-state index contributed by atoms with van der Waals surface area (Å²) in [7, 11) is 0. The van der Waals surface area contributed by atoms with Crippen molar-refractivity contribution in [2.75, 3.05) is 0 Å². The zero-order valence-corrected chi connectivity index (χ0v) is 10.1. The Hall–Kier alpha value is -1.57. The van der Waals surface area contributed by atoms with Crippen LogP contribution in [0.3, 0.4) is 0 Å². The van der Waals surface area contributed by atoms with E-state index in [1.165, 1.54) is 22.0 Å². The molecule has 0 radical (unpaired) electrons. The second-order valence-corrected chi connectivity index (χ2v) is 4.43. The Balaban J connectivity index is 2.47. The number of hydrogen-bond acceptors (Lipinski definition) is 1. The van der Waals surface area contributed by atoms with Crippen LogP contribution in [-0.4, -0.2) is 10.4 Å². The largest absolute Gasteiger partial charge is 0.347 e. The van der Waals surface area contributed by atoms with Crippen LogP contribution in [0.2, 0.25) is 0 Å². The zero-order chi connectivity index (χ0) is 11.7. The number of fused-ring (bicyclic) bond motifs is 1. The predicted octanol–water partition coefficient (Wildman–Crippen LogP) is 3.24. The molecule has 0 aliphatic heterocycles. The summed E-state index contributed by atoms with van der Waals surface area (Å²) >= 11 is 0. The molecule has 0 saturated carbocycles. The number of aromatic nitrogens is 1. The van der Waals surface area contributed by atoms with Crippen LogP contribution >= 0.6 is 0 Å². The molecule has 0 spiro atoms. The summed E-state index contributed by atoms with van der Waals surface area (Å²) in [5, 5.41) is 1.33. The molecule has 0 atom stereocenters. The van der Waals surface area contributed by atoms with Crippen molar-refractivity contribution in [1.82, 2.24) is 4.57 Å². The number of hydrogen-bond donors (Lipinski definition) is 0. The van der Waals surface area contributed by atoms with Gasteiger partial charge in [-0.25, -0.2) is 0 Å². The van der Waals surface area contributed by atoms with Crippen LogP contribution in [0, 0.1) is 13.8 Å². The van der Waals surface area contributed by atoms with Gasteiger partial charge >= 0.3 is 0 Å². The lowest BCUT2D eigenvalue weighted by molar-refractivity contribution is -0.117. The van der Waals surface area contributed by atoms with E-state index in [0.29, 0.717) is 6.42 Å². The maximum absolute atomic E-state index is 11.0. The molecule has 0 unspecified atom stereocenters. The molecule has 0 amide bonds. The van der Waals surface area contributed by atoms with Crippen LogP contribution in [0.15, 0.2) is 24.4 Å². The van der Waals surface area contributed by atoms with Crippen molar-refractivity contribution >= 4 is 16.7 Å². The molecular weight excluding hydrogens is 198 g/mol. The number of ketones is 1. The third-order valence-corrected chi connectivity index (χ3v) is 3.01. The van der Waals surface area contributed by atoms with Gasteiger partial charge in [-0.3, -0.25) is 4.79 Å². The topological polar surface area (TPSA) is 22.0 Å². The van der Waals surface area contributed by atoms with E-state index in [0.717, 1.165) is 6.54 Å². The Morgan fingerprint density at radius 3 is 2.69 bits per heavy atom. The first-order valence-electron chi connectivity index (χ1n) is 5.64. The van der Waals surface area contributed by atoms with Gasteiger partial charge in [-0.2, -0.15) is 0 Å². The van der Waals surface area contributed by atoms with E-state index >= 15 is 0 Å². The van der Waals surface area contributed by atoms with Crippen LogP contribution in [-0.2, 0) is 11.3 Å². The highest BCUT2D eigenvalue weighted by Gasteiger charge is 2.07. The molecule has 1 heterocycles. The van der Waals surface area contributed by atoms with E-state index < -0.39 is 0 Å². The number of benzene rings is 1. The fourth-order valence-electron chi connectivity index (χ4n) is 2.24. The van der Waals surface area contributed by atoms with Crippen molar-refractivity contribution in [3.05, 3.63) is 35.5 Å². The molecule has 2 heteroatoms. The highest BCUT2D eigenvalue weighted by molar-refractivity contribution is 5.87. The Kier molecular flexibility index (Phi) is 2.82. The lowest BCUT2D eigenvalue weighted by Gasteiger charge is -2.03. The SMILES string of the molecule is CC(=O)CCn1cc(C)c2c(C)cccc21. The van der Waals surface area contributed by atoms with Crippen LogP contribution in [0.5, 0.6) is 0 Å². The van der Waals surface area contributed by atoms with Crippen molar-refractivity contribution in [3.63, 3.8) is 0 Å². The fraction of sp³-hybridized carbons (Fsp3) is 0.357. The van der Waals surface area contributed by atoms with E-state index in [1.807, 2.05) is 0 Å². The van der Waals surface area contributed by atoms with Crippen LogP contribution in [0.1, 0.15) is 24.5 Å². The van der Waals surface area contributed by atoms with Crippen molar-refractivity contribution in [1.29, 1.82) is 0 Å². The Labute approximate surface area is 95.9 Å². The molecule has 2 rings (SSSR count). The summed E-state index contributed by atoms with van der Waals surface area (Å²) in [6.07, 6.45) is 2.75. The first kappa shape index (κ1) is 10.9. The highest BCUT2D eigenvalue weighted by atomic mass is 16.1. The number of carbonyl (C=O) groups excluding carboxylic acids is 1. The molecular formula is C14H17NO. The first-order valence-corrected chi connectivity index (χ1v) is 5.64. The number of aryl methyl sites for hydroxylation is 3. The first-order chi connectivity index (χ1) is 7.59. The Bertz CT molecular complexity index is 537. The van der Waals surface area contributed by atoms with Gasteiger partial charge in [0, 0.05) is 30.1 Å². The van der Waals surface area contributed by atoms with Gasteiger partial charge in [-0.15, -0.1) is 0 Å². The molecule has 0 N–H and O–H groups in total. The highest BCUT2D eigenvalue weighted by Crippen LogP contribution is 2.24. The van der Waals surface area contributed by atoms with E-state index in [1.54, 1.807) is 6.92 Å². The van der Waals surface area contributed by atoms with Gasteiger partial charge in [-0.05, 0) is 38.0 Å². The average Bonchev–Trinajstić information content (AvgIpc) is 2.54. The third kappa shape index (κ3) is 1.87. The summed E-state index contributed by atoms with van der Waals surface area (Å²) in [6, 6.07) is 6.32. The summed E-state index contributed by atoms with van der Waals surface area (Å²) in [5.41, 5.74) is 3.83. The smallest absolute Gasteiger partial charge is 0.131 e. The number of carbonyl (C=O) groups is 1. The molecule has 84 valence electrons. The maximum Gasteiger partial charge on any atom is 0.131 e. The molecule has 0 aliphatic carbocycles. The summed E-state index contributed by atoms with van der Waals surface area (Å²) < 4.78 is 2.18. The van der Waals surface area contributed by atoms with Gasteiger partial charge in [-0.1, -0.05) is 12.1 Å². The minimum absolute atomic E-state index is 0.243. The molecule has 1 aromatic heterocycles. The second kappa shape index (κ2) is 4.12. The van der Waals surface area contributed by atoms with Crippen molar-refractivity contribution in [2.24, 2.45) is 0 Å². The van der Waals surface area contributed by atoms with Crippen LogP contribution in [0.25, 0.3) is 10.9 Å². The van der Waals surface area contributed by atoms with Crippen molar-refractivity contribution in [2.45, 2.75) is 33.7 Å². The van der Waals surface area contributed by atoms with E-state index in [4.69, 9.17) is 0 Å². The third-order valence-electron chi connectivity index (χ3n) is 3.01. The predicted molar refractivity (Wildman–Crippen MR) is 66.7 cm³/mol. The molecule has 0 saturated heterocycles. The molecule has 1 aromatic carbocycles. The molecule has 0 bridgehead atoms. The monoisotopic (exact) mass is 215 g/mol. The van der Waals surface area contributed by atoms with Crippen molar-refractivity contribution < 1.29 is 4.79 Å². The normalized spacial score (nSPS) is 10.9. The molecule has 0 aliphatic rings. The minimum atomic E-state index is 0.243. The lowest BCUT2D eigenvalue weighted by atomic mass is 10.1. The van der Waals surface area contributed by atoms with Crippen LogP contribution in [0.4, 0.5) is 0 Å². The second-order valence-electron chi connectivity index (χ2n) is 4.43. The van der Waals surface area contributed by atoms with Gasteiger partial charge in [0.15, 0.2) is 0 Å². The quantitative estimate of drug-likeness (QED) is 0.770. The average molecular weight is 215 g/mol. The van der Waals surface area contributed by atoms with Crippen molar-refractivity contribution in [3.8, 4) is 0 Å². The number of rotatable bonds is 3. The summed E-state index contributed by atoms with van der Waals surface area (Å²) in [4.78, 5) is 11.0. The van der Waals surface area contributed by atoms with Gasteiger partial charge in [0.1, 0.15) is 5.78 Å². The molecule has 0 fully saturated rings. The summed E-state index contributed by atoms with van der Waals surface area (Å²) in [6.45, 7) is 6.68. The number of nitrogens with zero attached hydrogens (tertiary/aromatic N) is 1. The van der Waals surface area contributed by atoms with E-state index in [-0.39, 0.29) is 5.78 Å². The van der Waals surface area contributed by atoms with Gasteiger partial charge in [0.2, 0.25) is 0 Å².